The highest BCUT2D eigenvalue weighted by molar-refractivity contribution is 5.90. The SMILES string of the molecule is CCOC(=O)c1[nH]c(C)cc1O. The summed E-state index contributed by atoms with van der Waals surface area (Å²) in [6.45, 7) is 3.77. The van der Waals surface area contributed by atoms with Crippen molar-refractivity contribution in [3.8, 4) is 5.75 Å². The summed E-state index contributed by atoms with van der Waals surface area (Å²) in [5.74, 6) is -0.589. The predicted molar refractivity (Wildman–Crippen MR) is 43.2 cm³/mol. The number of aromatic amines is 1. The standard InChI is InChI=1S/C8H11NO3/c1-3-12-8(11)7-6(10)4-5(2)9-7/h4,9-10H,3H2,1-2H3. The van der Waals surface area contributed by atoms with Gasteiger partial charge in [0.25, 0.3) is 0 Å². The number of aryl methyl sites for hydroxylation is 1. The molecule has 0 bridgehead atoms. The fourth-order valence-corrected chi connectivity index (χ4v) is 0.933. The molecule has 0 aliphatic rings. The second-order valence-electron chi connectivity index (χ2n) is 2.43. The Balaban J connectivity index is 2.87. The number of aromatic hydroxyl groups is 1. The van der Waals surface area contributed by atoms with E-state index in [1.165, 1.54) is 6.07 Å². The number of aromatic nitrogens is 1. The van der Waals surface area contributed by atoms with Gasteiger partial charge in [-0.15, -0.1) is 0 Å². The molecule has 4 nitrogen and oxygen atoms in total. The summed E-state index contributed by atoms with van der Waals surface area (Å²) in [4.78, 5) is 13.8. The van der Waals surface area contributed by atoms with Gasteiger partial charge in [0.05, 0.1) is 6.61 Å². The van der Waals surface area contributed by atoms with E-state index in [4.69, 9.17) is 4.74 Å². The maximum Gasteiger partial charge on any atom is 0.358 e. The van der Waals surface area contributed by atoms with E-state index in [0.29, 0.717) is 6.61 Å². The van der Waals surface area contributed by atoms with Gasteiger partial charge in [-0.05, 0) is 13.8 Å². The van der Waals surface area contributed by atoms with Gasteiger partial charge >= 0.3 is 5.97 Å². The lowest BCUT2D eigenvalue weighted by Crippen LogP contribution is -2.05. The normalized spacial score (nSPS) is 9.83. The smallest absolute Gasteiger partial charge is 0.358 e. The lowest BCUT2D eigenvalue weighted by atomic mass is 10.4. The van der Waals surface area contributed by atoms with E-state index in [0.717, 1.165) is 5.69 Å². The largest absolute Gasteiger partial charge is 0.505 e. The van der Waals surface area contributed by atoms with E-state index in [2.05, 4.69) is 4.98 Å². The molecular weight excluding hydrogens is 158 g/mol. The van der Waals surface area contributed by atoms with Crippen LogP contribution >= 0.6 is 0 Å². The Morgan fingerprint density at radius 2 is 2.42 bits per heavy atom. The van der Waals surface area contributed by atoms with Crippen LogP contribution in [0.2, 0.25) is 0 Å². The second-order valence-corrected chi connectivity index (χ2v) is 2.43. The zero-order valence-corrected chi connectivity index (χ0v) is 7.05. The lowest BCUT2D eigenvalue weighted by Gasteiger charge is -1.98. The van der Waals surface area contributed by atoms with E-state index in [-0.39, 0.29) is 11.4 Å². The maximum absolute atomic E-state index is 11.1. The minimum Gasteiger partial charge on any atom is -0.505 e. The van der Waals surface area contributed by atoms with Crippen molar-refractivity contribution >= 4 is 5.97 Å². The van der Waals surface area contributed by atoms with Crippen molar-refractivity contribution in [2.45, 2.75) is 13.8 Å². The number of hydrogen-bond donors (Lipinski definition) is 2. The minimum absolute atomic E-state index is 0.0639. The first-order valence-corrected chi connectivity index (χ1v) is 3.70. The molecule has 4 heteroatoms. The Kier molecular flexibility index (Phi) is 2.38. The third-order valence-electron chi connectivity index (χ3n) is 1.41. The lowest BCUT2D eigenvalue weighted by molar-refractivity contribution is 0.0517. The van der Waals surface area contributed by atoms with Crippen LogP contribution in [0.3, 0.4) is 0 Å². The summed E-state index contributed by atoms with van der Waals surface area (Å²) in [5.41, 5.74) is 0.852. The Morgan fingerprint density at radius 3 is 2.83 bits per heavy atom. The average Bonchev–Trinajstić information content (AvgIpc) is 2.30. The van der Waals surface area contributed by atoms with Crippen LogP contribution in [0.1, 0.15) is 23.1 Å². The molecule has 2 N–H and O–H groups in total. The molecule has 0 saturated heterocycles. The van der Waals surface area contributed by atoms with Crippen molar-refractivity contribution in [3.05, 3.63) is 17.5 Å². The van der Waals surface area contributed by atoms with Crippen LogP contribution in [0, 0.1) is 6.92 Å². The molecule has 0 unspecified atom stereocenters. The van der Waals surface area contributed by atoms with Gasteiger partial charge in [0.15, 0.2) is 5.69 Å². The topological polar surface area (TPSA) is 62.3 Å². The molecule has 0 aliphatic carbocycles. The summed E-state index contributed by atoms with van der Waals surface area (Å²) in [6.07, 6.45) is 0. The average molecular weight is 169 g/mol. The van der Waals surface area contributed by atoms with Gasteiger partial charge in [-0.1, -0.05) is 0 Å². The number of esters is 1. The molecule has 1 aromatic rings. The molecule has 66 valence electrons. The van der Waals surface area contributed by atoms with E-state index >= 15 is 0 Å². The van der Waals surface area contributed by atoms with Gasteiger partial charge in [-0.3, -0.25) is 0 Å². The molecule has 0 spiro atoms. The summed E-state index contributed by atoms with van der Waals surface area (Å²) in [7, 11) is 0. The molecule has 12 heavy (non-hydrogen) atoms. The molecule has 0 aromatic carbocycles. The van der Waals surface area contributed by atoms with Crippen LogP contribution < -0.4 is 0 Å². The first-order valence-electron chi connectivity index (χ1n) is 3.70. The van der Waals surface area contributed by atoms with Crippen LogP contribution in [0.15, 0.2) is 6.07 Å². The summed E-state index contributed by atoms with van der Waals surface area (Å²) in [6, 6.07) is 1.48. The van der Waals surface area contributed by atoms with Crippen molar-refractivity contribution in [2.24, 2.45) is 0 Å². The van der Waals surface area contributed by atoms with E-state index in [1.54, 1.807) is 13.8 Å². The third kappa shape index (κ3) is 1.58. The number of carbonyl (C=O) groups excluding carboxylic acids is 1. The van der Waals surface area contributed by atoms with Crippen molar-refractivity contribution in [3.63, 3.8) is 0 Å². The van der Waals surface area contributed by atoms with Crippen LogP contribution in [0.5, 0.6) is 5.75 Å². The van der Waals surface area contributed by atoms with Crippen LogP contribution in [-0.4, -0.2) is 22.7 Å². The molecular formula is C8H11NO3. The monoisotopic (exact) mass is 169 g/mol. The Bertz CT molecular complexity index is 290. The van der Waals surface area contributed by atoms with Gasteiger partial charge in [0.1, 0.15) is 5.75 Å². The Labute approximate surface area is 70.2 Å². The first-order chi connectivity index (χ1) is 5.65. The highest BCUT2D eigenvalue weighted by Gasteiger charge is 2.13. The molecule has 1 heterocycles. The van der Waals surface area contributed by atoms with Crippen molar-refractivity contribution < 1.29 is 14.6 Å². The van der Waals surface area contributed by atoms with Gasteiger partial charge in [0.2, 0.25) is 0 Å². The fourth-order valence-electron chi connectivity index (χ4n) is 0.933. The first kappa shape index (κ1) is 8.64. The van der Waals surface area contributed by atoms with Crippen LogP contribution in [0.25, 0.3) is 0 Å². The molecule has 0 atom stereocenters. The Morgan fingerprint density at radius 1 is 1.75 bits per heavy atom. The molecule has 0 aliphatic heterocycles. The van der Waals surface area contributed by atoms with E-state index in [9.17, 15) is 9.90 Å². The number of carbonyl (C=O) groups is 1. The van der Waals surface area contributed by atoms with Crippen molar-refractivity contribution in [2.75, 3.05) is 6.61 Å². The number of nitrogens with one attached hydrogen (secondary N) is 1. The highest BCUT2D eigenvalue weighted by atomic mass is 16.5. The fraction of sp³-hybridized carbons (Fsp3) is 0.375. The summed E-state index contributed by atoms with van der Waals surface area (Å²) in [5, 5.41) is 9.20. The molecule has 0 radical (unpaired) electrons. The zero-order valence-electron chi connectivity index (χ0n) is 7.05. The van der Waals surface area contributed by atoms with E-state index in [1.807, 2.05) is 0 Å². The van der Waals surface area contributed by atoms with Gasteiger partial charge in [0, 0.05) is 11.8 Å². The summed E-state index contributed by atoms with van der Waals surface area (Å²) >= 11 is 0. The van der Waals surface area contributed by atoms with Crippen molar-refractivity contribution in [1.29, 1.82) is 0 Å². The quantitative estimate of drug-likeness (QED) is 0.654. The minimum atomic E-state index is -0.525. The van der Waals surface area contributed by atoms with Crippen molar-refractivity contribution in [1.82, 2.24) is 4.98 Å². The number of rotatable bonds is 2. The number of H-pyrrole nitrogens is 1. The molecule has 0 saturated carbocycles. The maximum atomic E-state index is 11.1. The van der Waals surface area contributed by atoms with Crippen LogP contribution in [-0.2, 0) is 4.74 Å². The van der Waals surface area contributed by atoms with Gasteiger partial charge in [-0.2, -0.15) is 0 Å². The number of hydrogen-bond acceptors (Lipinski definition) is 3. The zero-order chi connectivity index (χ0) is 9.14. The summed E-state index contributed by atoms with van der Waals surface area (Å²) < 4.78 is 4.69. The van der Waals surface area contributed by atoms with E-state index < -0.39 is 5.97 Å². The number of ether oxygens (including phenoxy) is 1. The molecule has 0 amide bonds. The van der Waals surface area contributed by atoms with Gasteiger partial charge < -0.3 is 14.8 Å². The predicted octanol–water partition coefficient (Wildman–Crippen LogP) is 1.21. The van der Waals surface area contributed by atoms with Gasteiger partial charge in [-0.25, -0.2) is 4.79 Å². The highest BCUT2D eigenvalue weighted by Crippen LogP contribution is 2.17. The molecule has 1 aromatic heterocycles. The van der Waals surface area contributed by atoms with Crippen LogP contribution in [0.4, 0.5) is 0 Å². The molecule has 0 fully saturated rings. The third-order valence-corrected chi connectivity index (χ3v) is 1.41. The second kappa shape index (κ2) is 3.30. The molecule has 1 rings (SSSR count). The Hall–Kier alpha value is -1.45.